The second-order valence-electron chi connectivity index (χ2n) is 5.15. The summed E-state index contributed by atoms with van der Waals surface area (Å²) in [5.74, 6) is 0.734. The van der Waals surface area contributed by atoms with Crippen molar-refractivity contribution in [3.63, 3.8) is 0 Å². The van der Waals surface area contributed by atoms with Gasteiger partial charge in [-0.1, -0.05) is 41.4 Å². The Balaban J connectivity index is 2.08. The summed E-state index contributed by atoms with van der Waals surface area (Å²) < 4.78 is 5.85. The van der Waals surface area contributed by atoms with E-state index in [1.165, 1.54) is 5.56 Å². The molecule has 0 aliphatic heterocycles. The highest BCUT2D eigenvalue weighted by Crippen LogP contribution is 2.32. The summed E-state index contributed by atoms with van der Waals surface area (Å²) in [5.41, 5.74) is 10.3. The van der Waals surface area contributed by atoms with Crippen LogP contribution in [0.5, 0.6) is 0 Å². The minimum atomic E-state index is -0.352. The number of nitrogens with two attached hydrogens (primary N) is 1. The molecule has 2 N–H and O–H groups in total. The molecule has 0 spiro atoms. The summed E-state index contributed by atoms with van der Waals surface area (Å²) in [7, 11) is 0. The van der Waals surface area contributed by atoms with Crippen LogP contribution in [0.15, 0.2) is 46.9 Å². The lowest BCUT2D eigenvalue weighted by atomic mass is 10.0. The topological polar surface area (TPSA) is 39.2 Å². The molecule has 0 fully saturated rings. The number of aryl methyl sites for hydroxylation is 2. The lowest BCUT2D eigenvalue weighted by Gasteiger charge is -2.12. The molecule has 102 valence electrons. The van der Waals surface area contributed by atoms with Crippen molar-refractivity contribution < 1.29 is 4.42 Å². The number of hydrogen-bond donors (Lipinski definition) is 1. The van der Waals surface area contributed by atoms with Gasteiger partial charge in [0.2, 0.25) is 0 Å². The molecule has 0 bridgehead atoms. The fourth-order valence-electron chi connectivity index (χ4n) is 2.40. The molecule has 0 aliphatic carbocycles. The number of rotatable bonds is 2. The van der Waals surface area contributed by atoms with Crippen LogP contribution in [0.25, 0.3) is 11.0 Å². The summed E-state index contributed by atoms with van der Waals surface area (Å²) >= 11 is 6.34. The summed E-state index contributed by atoms with van der Waals surface area (Å²) in [4.78, 5) is 0. The average molecular weight is 286 g/mol. The molecule has 0 saturated heterocycles. The van der Waals surface area contributed by atoms with Crippen molar-refractivity contribution in [2.75, 3.05) is 0 Å². The van der Waals surface area contributed by atoms with Crippen molar-refractivity contribution in [1.29, 1.82) is 0 Å². The van der Waals surface area contributed by atoms with Crippen LogP contribution in [0.4, 0.5) is 0 Å². The van der Waals surface area contributed by atoms with Crippen LogP contribution in [0.3, 0.4) is 0 Å². The molecule has 1 heterocycles. The Bertz CT molecular complexity index is 776. The van der Waals surface area contributed by atoms with Gasteiger partial charge < -0.3 is 10.2 Å². The zero-order valence-electron chi connectivity index (χ0n) is 11.5. The van der Waals surface area contributed by atoms with Gasteiger partial charge in [0.1, 0.15) is 11.3 Å². The van der Waals surface area contributed by atoms with Crippen LogP contribution in [-0.4, -0.2) is 0 Å². The SMILES string of the molecule is Cc1ccc2oc(C(N)c3cccc(C)c3Cl)cc2c1. The minimum Gasteiger partial charge on any atom is -0.459 e. The van der Waals surface area contributed by atoms with E-state index in [1.54, 1.807) is 0 Å². The Morgan fingerprint density at radius 1 is 1.10 bits per heavy atom. The Morgan fingerprint density at radius 3 is 2.70 bits per heavy atom. The standard InChI is InChI=1S/C17H16ClNO/c1-10-6-7-14-12(8-10)9-15(20-14)17(19)13-5-3-4-11(2)16(13)18/h3-9,17H,19H2,1-2H3. The zero-order chi connectivity index (χ0) is 14.3. The molecule has 0 radical (unpaired) electrons. The highest BCUT2D eigenvalue weighted by Gasteiger charge is 2.17. The Labute approximate surface area is 123 Å². The van der Waals surface area contributed by atoms with Crippen molar-refractivity contribution in [2.45, 2.75) is 19.9 Å². The van der Waals surface area contributed by atoms with Gasteiger partial charge in [-0.25, -0.2) is 0 Å². The van der Waals surface area contributed by atoms with Gasteiger partial charge in [0.05, 0.1) is 6.04 Å². The third kappa shape index (κ3) is 2.21. The van der Waals surface area contributed by atoms with Crippen LogP contribution in [0.2, 0.25) is 5.02 Å². The van der Waals surface area contributed by atoms with Gasteiger partial charge in [-0.2, -0.15) is 0 Å². The maximum atomic E-state index is 6.34. The Kier molecular flexibility index (Phi) is 3.28. The third-order valence-corrected chi connectivity index (χ3v) is 4.07. The maximum Gasteiger partial charge on any atom is 0.134 e. The van der Waals surface area contributed by atoms with Crippen LogP contribution < -0.4 is 5.73 Å². The first-order valence-electron chi connectivity index (χ1n) is 6.57. The molecule has 0 aliphatic rings. The molecule has 3 aromatic rings. The van der Waals surface area contributed by atoms with E-state index in [0.29, 0.717) is 5.02 Å². The molecule has 3 rings (SSSR count). The molecular formula is C17H16ClNO. The van der Waals surface area contributed by atoms with Crippen molar-refractivity contribution in [3.05, 3.63) is 69.9 Å². The van der Waals surface area contributed by atoms with Crippen molar-refractivity contribution in [2.24, 2.45) is 5.73 Å². The van der Waals surface area contributed by atoms with E-state index in [2.05, 4.69) is 13.0 Å². The molecule has 20 heavy (non-hydrogen) atoms. The van der Waals surface area contributed by atoms with Crippen molar-refractivity contribution in [3.8, 4) is 0 Å². The predicted octanol–water partition coefficient (Wildman–Crippen LogP) is 4.75. The van der Waals surface area contributed by atoms with E-state index >= 15 is 0 Å². The maximum absolute atomic E-state index is 6.34. The van der Waals surface area contributed by atoms with E-state index in [1.807, 2.05) is 43.3 Å². The smallest absolute Gasteiger partial charge is 0.134 e. The highest BCUT2D eigenvalue weighted by molar-refractivity contribution is 6.32. The van der Waals surface area contributed by atoms with Crippen molar-refractivity contribution in [1.82, 2.24) is 0 Å². The molecule has 2 aromatic carbocycles. The number of benzene rings is 2. The van der Waals surface area contributed by atoms with Gasteiger partial charge in [0.15, 0.2) is 0 Å². The lowest BCUT2D eigenvalue weighted by molar-refractivity contribution is 0.525. The molecule has 1 atom stereocenters. The minimum absolute atomic E-state index is 0.352. The second-order valence-corrected chi connectivity index (χ2v) is 5.52. The monoisotopic (exact) mass is 285 g/mol. The predicted molar refractivity (Wildman–Crippen MR) is 83.2 cm³/mol. The van der Waals surface area contributed by atoms with Gasteiger partial charge in [-0.3, -0.25) is 0 Å². The van der Waals surface area contributed by atoms with Crippen LogP contribution in [-0.2, 0) is 0 Å². The van der Waals surface area contributed by atoms with Gasteiger partial charge in [-0.15, -0.1) is 0 Å². The van der Waals surface area contributed by atoms with Crippen molar-refractivity contribution >= 4 is 22.6 Å². The molecule has 1 aromatic heterocycles. The van der Waals surface area contributed by atoms with Crippen LogP contribution in [0.1, 0.15) is 28.5 Å². The zero-order valence-corrected chi connectivity index (χ0v) is 12.2. The van der Waals surface area contributed by atoms with E-state index < -0.39 is 0 Å². The second kappa shape index (κ2) is 4.97. The van der Waals surface area contributed by atoms with Crippen LogP contribution in [0, 0.1) is 13.8 Å². The number of hydrogen-bond acceptors (Lipinski definition) is 2. The Hall–Kier alpha value is -1.77. The third-order valence-electron chi connectivity index (χ3n) is 3.55. The summed E-state index contributed by atoms with van der Waals surface area (Å²) in [6, 6.07) is 13.6. The van der Waals surface area contributed by atoms with Gasteiger partial charge >= 0.3 is 0 Å². The first-order chi connectivity index (χ1) is 9.56. The first-order valence-corrected chi connectivity index (χ1v) is 6.95. The Morgan fingerprint density at radius 2 is 1.90 bits per heavy atom. The molecular weight excluding hydrogens is 270 g/mol. The quantitative estimate of drug-likeness (QED) is 0.738. The van der Waals surface area contributed by atoms with E-state index in [4.69, 9.17) is 21.8 Å². The van der Waals surface area contributed by atoms with Gasteiger partial charge in [-0.05, 0) is 43.2 Å². The average Bonchev–Trinajstić information content (AvgIpc) is 2.84. The normalized spacial score (nSPS) is 12.8. The summed E-state index contributed by atoms with van der Waals surface area (Å²) in [6.07, 6.45) is 0. The first kappa shape index (κ1) is 13.2. The molecule has 0 amide bonds. The largest absolute Gasteiger partial charge is 0.459 e. The molecule has 2 nitrogen and oxygen atoms in total. The van der Waals surface area contributed by atoms with Crippen LogP contribution >= 0.6 is 11.6 Å². The number of fused-ring (bicyclic) bond motifs is 1. The van der Waals surface area contributed by atoms with Gasteiger partial charge in [0, 0.05) is 10.4 Å². The summed E-state index contributed by atoms with van der Waals surface area (Å²) in [5, 5.41) is 1.77. The lowest BCUT2D eigenvalue weighted by Crippen LogP contribution is -2.11. The number of furan rings is 1. The van der Waals surface area contributed by atoms with E-state index in [9.17, 15) is 0 Å². The van der Waals surface area contributed by atoms with Gasteiger partial charge in [0.25, 0.3) is 0 Å². The molecule has 1 unspecified atom stereocenters. The molecule has 3 heteroatoms. The fraction of sp³-hybridized carbons (Fsp3) is 0.176. The fourth-order valence-corrected chi connectivity index (χ4v) is 2.64. The number of halogens is 1. The highest BCUT2D eigenvalue weighted by atomic mass is 35.5. The van der Waals surface area contributed by atoms with E-state index in [0.717, 1.165) is 27.9 Å². The summed E-state index contributed by atoms with van der Waals surface area (Å²) in [6.45, 7) is 4.03. The van der Waals surface area contributed by atoms with E-state index in [-0.39, 0.29) is 6.04 Å². The molecule has 0 saturated carbocycles.